The van der Waals surface area contributed by atoms with Gasteiger partial charge in [0.2, 0.25) is 0 Å². The van der Waals surface area contributed by atoms with Crippen LogP contribution in [0.1, 0.15) is 32.4 Å². The summed E-state index contributed by atoms with van der Waals surface area (Å²) in [6.45, 7) is 11.1. The second-order valence-electron chi connectivity index (χ2n) is 5.52. The van der Waals surface area contributed by atoms with Gasteiger partial charge in [0.05, 0.1) is 6.10 Å². The van der Waals surface area contributed by atoms with Gasteiger partial charge in [-0.1, -0.05) is 32.9 Å². The van der Waals surface area contributed by atoms with Gasteiger partial charge in [-0.2, -0.15) is 0 Å². The number of rotatable bonds is 3. The zero-order valence-corrected chi connectivity index (χ0v) is 12.9. The lowest BCUT2D eigenvalue weighted by Crippen LogP contribution is -2.25. The van der Waals surface area contributed by atoms with E-state index in [1.807, 2.05) is 12.1 Å². The van der Waals surface area contributed by atoms with Crippen molar-refractivity contribution in [2.75, 3.05) is 0 Å². The predicted octanol–water partition coefficient (Wildman–Crippen LogP) is 4.06. The number of benzene rings is 1. The fourth-order valence-electron chi connectivity index (χ4n) is 1.70. The van der Waals surface area contributed by atoms with Gasteiger partial charge in [0.15, 0.2) is 9.04 Å². The second kappa shape index (κ2) is 5.39. The van der Waals surface area contributed by atoms with Crippen LogP contribution in [0.2, 0.25) is 13.1 Å². The molecule has 0 saturated heterocycles. The second-order valence-corrected chi connectivity index (χ2v) is 8.41. The molecule has 1 aromatic rings. The van der Waals surface area contributed by atoms with Gasteiger partial charge in [-0.15, -0.1) is 12.6 Å². The number of hydrogen-bond donors (Lipinski definition) is 1. The molecule has 0 aliphatic rings. The summed E-state index contributed by atoms with van der Waals surface area (Å²) in [7, 11) is -1.03. The van der Waals surface area contributed by atoms with E-state index in [-0.39, 0.29) is 11.5 Å². The van der Waals surface area contributed by atoms with Gasteiger partial charge in [0.25, 0.3) is 0 Å². The molecule has 0 radical (unpaired) electrons. The maximum absolute atomic E-state index is 6.15. The first kappa shape index (κ1) is 13.8. The molecule has 0 saturated carbocycles. The summed E-state index contributed by atoms with van der Waals surface area (Å²) in [6, 6.07) is 8.30. The summed E-state index contributed by atoms with van der Waals surface area (Å²) in [4.78, 5) is 0.998. The molecule has 1 rings (SSSR count). The minimum atomic E-state index is -1.03. The molecule has 16 heavy (non-hydrogen) atoms. The van der Waals surface area contributed by atoms with Crippen molar-refractivity contribution in [3.63, 3.8) is 0 Å². The van der Waals surface area contributed by atoms with Crippen molar-refractivity contribution in [3.05, 3.63) is 29.8 Å². The predicted molar refractivity (Wildman–Crippen MR) is 75.9 cm³/mol. The third kappa shape index (κ3) is 3.96. The monoisotopic (exact) mass is 254 g/mol. The Bertz CT molecular complexity index is 327. The van der Waals surface area contributed by atoms with Gasteiger partial charge >= 0.3 is 0 Å². The van der Waals surface area contributed by atoms with Crippen molar-refractivity contribution >= 4 is 21.7 Å². The Morgan fingerprint density at radius 2 is 1.62 bits per heavy atom. The van der Waals surface area contributed by atoms with Crippen LogP contribution in [0.4, 0.5) is 0 Å². The smallest absolute Gasteiger partial charge is 0.171 e. The van der Waals surface area contributed by atoms with Crippen molar-refractivity contribution in [3.8, 4) is 0 Å². The zero-order valence-electron chi connectivity index (χ0n) is 10.8. The first-order valence-corrected chi connectivity index (χ1v) is 8.98. The van der Waals surface area contributed by atoms with E-state index in [0.717, 1.165) is 4.90 Å². The molecule has 1 unspecified atom stereocenters. The Balaban J connectivity index is 2.97. The van der Waals surface area contributed by atoms with Gasteiger partial charge < -0.3 is 4.43 Å². The molecule has 1 aromatic carbocycles. The summed E-state index contributed by atoms with van der Waals surface area (Å²) in [6.07, 6.45) is 0.188. The first-order valence-electron chi connectivity index (χ1n) is 5.75. The van der Waals surface area contributed by atoms with Gasteiger partial charge in [-0.25, -0.2) is 0 Å². The van der Waals surface area contributed by atoms with Crippen molar-refractivity contribution < 1.29 is 4.43 Å². The van der Waals surface area contributed by atoms with Crippen molar-refractivity contribution in [1.29, 1.82) is 0 Å². The minimum Gasteiger partial charge on any atom is -0.413 e. The third-order valence-corrected chi connectivity index (χ3v) is 3.51. The van der Waals surface area contributed by atoms with Crippen LogP contribution >= 0.6 is 12.6 Å². The molecule has 1 atom stereocenters. The molecule has 0 heterocycles. The standard InChI is InChI=1S/C13H22OSSi/c1-13(2,3)12(14-16(4)5)10-6-8-11(15)9-7-10/h6-9,12,15-16H,1-5H3. The first-order chi connectivity index (χ1) is 7.30. The van der Waals surface area contributed by atoms with Crippen molar-refractivity contribution in [1.82, 2.24) is 0 Å². The van der Waals surface area contributed by atoms with E-state index in [1.165, 1.54) is 5.56 Å². The molecule has 0 aliphatic heterocycles. The Morgan fingerprint density at radius 3 is 2.00 bits per heavy atom. The highest BCUT2D eigenvalue weighted by Crippen LogP contribution is 2.36. The van der Waals surface area contributed by atoms with E-state index >= 15 is 0 Å². The van der Waals surface area contributed by atoms with Gasteiger partial charge in [0.1, 0.15) is 0 Å². The summed E-state index contributed by atoms with van der Waals surface area (Å²) < 4.78 is 6.15. The maximum atomic E-state index is 6.15. The van der Waals surface area contributed by atoms with Crippen LogP contribution in [0, 0.1) is 5.41 Å². The highest BCUT2D eigenvalue weighted by molar-refractivity contribution is 7.80. The Labute approximate surface area is 106 Å². The van der Waals surface area contributed by atoms with Gasteiger partial charge in [-0.05, 0) is 36.2 Å². The average Bonchev–Trinajstić information content (AvgIpc) is 2.14. The Hall–Kier alpha value is -0.253. The lowest BCUT2D eigenvalue weighted by Gasteiger charge is -2.33. The maximum Gasteiger partial charge on any atom is 0.171 e. The molecule has 0 N–H and O–H groups in total. The molecule has 0 aliphatic carbocycles. The van der Waals surface area contributed by atoms with E-state index in [9.17, 15) is 0 Å². The summed E-state index contributed by atoms with van der Waals surface area (Å²) in [5, 5.41) is 0. The Kier molecular flexibility index (Phi) is 4.65. The zero-order chi connectivity index (χ0) is 12.3. The van der Waals surface area contributed by atoms with E-state index in [4.69, 9.17) is 4.43 Å². The highest BCUT2D eigenvalue weighted by atomic mass is 32.1. The summed E-state index contributed by atoms with van der Waals surface area (Å²) in [5.41, 5.74) is 1.39. The van der Waals surface area contributed by atoms with Gasteiger partial charge in [-0.3, -0.25) is 0 Å². The molecular formula is C13H22OSSi. The van der Waals surface area contributed by atoms with Crippen LogP contribution in [0.15, 0.2) is 29.2 Å². The average molecular weight is 254 g/mol. The highest BCUT2D eigenvalue weighted by Gasteiger charge is 2.27. The molecular weight excluding hydrogens is 232 g/mol. The fourth-order valence-corrected chi connectivity index (χ4v) is 2.96. The fraction of sp³-hybridized carbons (Fsp3) is 0.538. The quantitative estimate of drug-likeness (QED) is 0.632. The SMILES string of the molecule is C[SiH](C)OC(c1ccc(S)cc1)C(C)(C)C. The largest absolute Gasteiger partial charge is 0.413 e. The van der Waals surface area contributed by atoms with Crippen LogP contribution in [-0.4, -0.2) is 9.04 Å². The molecule has 3 heteroatoms. The molecule has 90 valence electrons. The lowest BCUT2D eigenvalue weighted by atomic mass is 9.85. The normalized spacial score (nSPS) is 14.2. The summed E-state index contributed by atoms with van der Waals surface area (Å²) in [5.74, 6) is 0. The van der Waals surface area contributed by atoms with Gasteiger partial charge in [0, 0.05) is 4.90 Å². The topological polar surface area (TPSA) is 9.23 Å². The number of thiol groups is 1. The Morgan fingerprint density at radius 1 is 1.12 bits per heavy atom. The van der Waals surface area contributed by atoms with Crippen molar-refractivity contribution in [2.45, 2.75) is 44.9 Å². The number of hydrogen-bond acceptors (Lipinski definition) is 2. The summed E-state index contributed by atoms with van der Waals surface area (Å²) >= 11 is 4.31. The van der Waals surface area contributed by atoms with E-state index in [1.54, 1.807) is 0 Å². The molecule has 1 nitrogen and oxygen atoms in total. The minimum absolute atomic E-state index is 0.134. The van der Waals surface area contributed by atoms with Crippen molar-refractivity contribution in [2.24, 2.45) is 5.41 Å². The van der Waals surface area contributed by atoms with Crippen LogP contribution < -0.4 is 0 Å². The molecule has 0 amide bonds. The van der Waals surface area contributed by atoms with Crippen LogP contribution in [0.3, 0.4) is 0 Å². The molecule has 0 spiro atoms. The van der Waals surface area contributed by atoms with Crippen LogP contribution in [-0.2, 0) is 4.43 Å². The molecule has 0 fully saturated rings. The lowest BCUT2D eigenvalue weighted by molar-refractivity contribution is 0.0865. The van der Waals surface area contributed by atoms with Crippen LogP contribution in [0.5, 0.6) is 0 Å². The third-order valence-electron chi connectivity index (χ3n) is 2.39. The van der Waals surface area contributed by atoms with E-state index < -0.39 is 9.04 Å². The van der Waals surface area contributed by atoms with E-state index in [2.05, 4.69) is 58.6 Å². The van der Waals surface area contributed by atoms with Crippen LogP contribution in [0.25, 0.3) is 0 Å². The molecule has 0 bridgehead atoms. The molecule has 0 aromatic heterocycles. The van der Waals surface area contributed by atoms with E-state index in [0.29, 0.717) is 0 Å².